The lowest BCUT2D eigenvalue weighted by atomic mass is 10.1. The zero-order chi connectivity index (χ0) is 13.7. The molecule has 0 bridgehead atoms. The zero-order valence-corrected chi connectivity index (χ0v) is 10.7. The lowest BCUT2D eigenvalue weighted by Gasteiger charge is -2.25. The minimum absolute atomic E-state index is 0.0483. The first kappa shape index (κ1) is 14.2. The van der Waals surface area contributed by atoms with E-state index in [2.05, 4.69) is 11.6 Å². The van der Waals surface area contributed by atoms with E-state index in [9.17, 15) is 9.90 Å². The van der Waals surface area contributed by atoms with Crippen LogP contribution in [0.4, 0.5) is 5.69 Å². The third-order valence-electron chi connectivity index (χ3n) is 2.58. The molecule has 0 saturated heterocycles. The minimum Gasteiger partial charge on any atom is -0.478 e. The van der Waals surface area contributed by atoms with Crippen molar-refractivity contribution in [1.29, 1.82) is 0 Å². The quantitative estimate of drug-likeness (QED) is 0.746. The highest BCUT2D eigenvalue weighted by Gasteiger charge is 2.19. The van der Waals surface area contributed by atoms with Gasteiger partial charge in [0.2, 0.25) is 0 Å². The van der Waals surface area contributed by atoms with Gasteiger partial charge in [-0.3, -0.25) is 4.98 Å². The monoisotopic (exact) mass is 250 g/mol. The molecule has 0 spiro atoms. The Hall–Kier alpha value is -1.88. The summed E-state index contributed by atoms with van der Waals surface area (Å²) < 4.78 is 0. The van der Waals surface area contributed by atoms with Crippen molar-refractivity contribution in [2.75, 3.05) is 24.6 Å². The molecule has 0 atom stereocenters. The van der Waals surface area contributed by atoms with Crippen LogP contribution in [0.5, 0.6) is 0 Å². The molecule has 1 rings (SSSR count). The second kappa shape index (κ2) is 6.16. The van der Waals surface area contributed by atoms with Crippen molar-refractivity contribution in [3.05, 3.63) is 35.7 Å². The van der Waals surface area contributed by atoms with E-state index < -0.39 is 5.97 Å². The lowest BCUT2D eigenvalue weighted by molar-refractivity contribution is 0.0696. The molecule has 5 nitrogen and oxygen atoms in total. The van der Waals surface area contributed by atoms with Gasteiger partial charge in [0.25, 0.3) is 0 Å². The fourth-order valence-corrected chi connectivity index (χ4v) is 1.91. The van der Waals surface area contributed by atoms with Crippen LogP contribution in [0, 0.1) is 13.8 Å². The average Bonchev–Trinajstić information content (AvgIpc) is 2.26. The summed E-state index contributed by atoms with van der Waals surface area (Å²) in [7, 11) is 0. The van der Waals surface area contributed by atoms with E-state index in [1.807, 2.05) is 6.92 Å². The third kappa shape index (κ3) is 3.07. The molecule has 0 unspecified atom stereocenters. The number of aliphatic hydroxyl groups is 1. The number of aliphatic hydroxyl groups excluding tert-OH is 1. The molecule has 98 valence electrons. The molecule has 18 heavy (non-hydrogen) atoms. The van der Waals surface area contributed by atoms with Gasteiger partial charge in [-0.2, -0.15) is 0 Å². The maximum atomic E-state index is 11.3. The average molecular weight is 250 g/mol. The number of carboxylic acid groups (broad SMARTS) is 1. The predicted molar refractivity (Wildman–Crippen MR) is 70.2 cm³/mol. The molecule has 0 fully saturated rings. The number of carbonyl (C=O) groups is 1. The number of carboxylic acids is 1. The summed E-state index contributed by atoms with van der Waals surface area (Å²) in [6.07, 6.45) is 1.67. The van der Waals surface area contributed by atoms with Gasteiger partial charge < -0.3 is 15.1 Å². The molecule has 1 aromatic rings. The van der Waals surface area contributed by atoms with Crippen molar-refractivity contribution in [3.8, 4) is 0 Å². The minimum atomic E-state index is -1.01. The van der Waals surface area contributed by atoms with Crippen LogP contribution in [0.15, 0.2) is 18.7 Å². The SMILES string of the molecule is C=CCN(CCO)c1cc(C)nc(C)c1C(=O)O. The van der Waals surface area contributed by atoms with Crippen LogP contribution in [0.1, 0.15) is 21.7 Å². The number of nitrogens with zero attached hydrogens (tertiary/aromatic N) is 2. The van der Waals surface area contributed by atoms with E-state index in [1.165, 1.54) is 0 Å². The molecule has 0 aliphatic rings. The predicted octanol–water partition coefficient (Wildman–Crippen LogP) is 1.38. The van der Waals surface area contributed by atoms with E-state index in [4.69, 9.17) is 5.11 Å². The number of aromatic nitrogens is 1. The molecule has 0 saturated carbocycles. The van der Waals surface area contributed by atoms with E-state index >= 15 is 0 Å². The standard InChI is InChI=1S/C13H18N2O3/c1-4-5-15(6-7-16)11-8-9(2)14-10(3)12(11)13(17)18/h4,8,16H,1,5-7H2,2-3H3,(H,17,18). The van der Waals surface area contributed by atoms with Crippen molar-refractivity contribution < 1.29 is 15.0 Å². The molecular formula is C13H18N2O3. The van der Waals surface area contributed by atoms with Crippen molar-refractivity contribution in [2.24, 2.45) is 0 Å². The van der Waals surface area contributed by atoms with Crippen LogP contribution in [0.2, 0.25) is 0 Å². The number of anilines is 1. The van der Waals surface area contributed by atoms with Crippen molar-refractivity contribution in [3.63, 3.8) is 0 Å². The van der Waals surface area contributed by atoms with Gasteiger partial charge in [-0.05, 0) is 19.9 Å². The van der Waals surface area contributed by atoms with E-state index in [1.54, 1.807) is 24.0 Å². The zero-order valence-electron chi connectivity index (χ0n) is 10.7. The van der Waals surface area contributed by atoms with Crippen LogP contribution in [0.3, 0.4) is 0 Å². The number of aryl methyl sites for hydroxylation is 2. The van der Waals surface area contributed by atoms with Gasteiger partial charge >= 0.3 is 5.97 Å². The van der Waals surface area contributed by atoms with E-state index in [0.29, 0.717) is 24.5 Å². The number of rotatable bonds is 6. The number of aromatic carboxylic acids is 1. The molecule has 0 radical (unpaired) electrons. The first-order chi connectivity index (χ1) is 8.51. The molecule has 1 aromatic heterocycles. The summed E-state index contributed by atoms with van der Waals surface area (Å²) >= 11 is 0. The maximum Gasteiger partial charge on any atom is 0.339 e. The Morgan fingerprint density at radius 2 is 2.22 bits per heavy atom. The van der Waals surface area contributed by atoms with Crippen LogP contribution < -0.4 is 4.90 Å². The highest BCUT2D eigenvalue weighted by molar-refractivity contribution is 5.95. The highest BCUT2D eigenvalue weighted by Crippen LogP contribution is 2.24. The van der Waals surface area contributed by atoms with Crippen LogP contribution >= 0.6 is 0 Å². The molecule has 0 aromatic carbocycles. The summed E-state index contributed by atoms with van der Waals surface area (Å²) in [6, 6.07) is 1.72. The molecule has 5 heteroatoms. The van der Waals surface area contributed by atoms with Crippen LogP contribution in [0.25, 0.3) is 0 Å². The normalized spacial score (nSPS) is 10.2. The fraction of sp³-hybridized carbons (Fsp3) is 0.385. The Balaban J connectivity index is 3.34. The Labute approximate surface area is 106 Å². The molecule has 0 aliphatic heterocycles. The first-order valence-corrected chi connectivity index (χ1v) is 5.69. The summed E-state index contributed by atoms with van der Waals surface area (Å²) in [5.41, 5.74) is 1.97. The Kier molecular flexibility index (Phi) is 4.85. The molecule has 1 heterocycles. The summed E-state index contributed by atoms with van der Waals surface area (Å²) in [5.74, 6) is -1.01. The van der Waals surface area contributed by atoms with Gasteiger partial charge in [0.1, 0.15) is 5.56 Å². The molecule has 0 amide bonds. The summed E-state index contributed by atoms with van der Waals surface area (Å²) in [6.45, 7) is 7.91. The van der Waals surface area contributed by atoms with Gasteiger partial charge in [0, 0.05) is 18.8 Å². The second-order valence-electron chi connectivity index (χ2n) is 4.01. The molecular weight excluding hydrogens is 232 g/mol. The van der Waals surface area contributed by atoms with E-state index in [0.717, 1.165) is 5.69 Å². The largest absolute Gasteiger partial charge is 0.478 e. The fourth-order valence-electron chi connectivity index (χ4n) is 1.91. The highest BCUT2D eigenvalue weighted by atomic mass is 16.4. The summed E-state index contributed by atoms with van der Waals surface area (Å²) in [4.78, 5) is 17.3. The smallest absolute Gasteiger partial charge is 0.339 e. The van der Waals surface area contributed by atoms with Crippen molar-refractivity contribution >= 4 is 11.7 Å². The maximum absolute atomic E-state index is 11.3. The van der Waals surface area contributed by atoms with Gasteiger partial charge in [-0.1, -0.05) is 6.08 Å². The number of pyridine rings is 1. The van der Waals surface area contributed by atoms with Crippen molar-refractivity contribution in [1.82, 2.24) is 4.98 Å². The van der Waals surface area contributed by atoms with Crippen molar-refractivity contribution in [2.45, 2.75) is 13.8 Å². The van der Waals surface area contributed by atoms with Gasteiger partial charge in [0.05, 0.1) is 18.0 Å². The number of hydrogen-bond acceptors (Lipinski definition) is 4. The van der Waals surface area contributed by atoms with Crippen LogP contribution in [-0.4, -0.2) is 40.9 Å². The number of hydrogen-bond donors (Lipinski definition) is 2. The molecule has 0 aliphatic carbocycles. The topological polar surface area (TPSA) is 73.7 Å². The first-order valence-electron chi connectivity index (χ1n) is 5.69. The molecule has 2 N–H and O–H groups in total. The van der Waals surface area contributed by atoms with Crippen LogP contribution in [-0.2, 0) is 0 Å². The lowest BCUT2D eigenvalue weighted by Crippen LogP contribution is -2.29. The van der Waals surface area contributed by atoms with Gasteiger partial charge in [0.15, 0.2) is 0 Å². The van der Waals surface area contributed by atoms with Gasteiger partial charge in [-0.15, -0.1) is 6.58 Å². The Morgan fingerprint density at radius 3 is 2.72 bits per heavy atom. The third-order valence-corrected chi connectivity index (χ3v) is 2.58. The summed E-state index contributed by atoms with van der Waals surface area (Å²) in [5, 5.41) is 18.3. The van der Waals surface area contributed by atoms with Gasteiger partial charge in [-0.25, -0.2) is 4.79 Å². The Bertz CT molecular complexity index is 458. The van der Waals surface area contributed by atoms with E-state index in [-0.39, 0.29) is 12.2 Å². The second-order valence-corrected chi connectivity index (χ2v) is 4.01. The Morgan fingerprint density at radius 1 is 1.56 bits per heavy atom.